The van der Waals surface area contributed by atoms with Crippen LogP contribution in [-0.2, 0) is 13.1 Å². The number of rotatable bonds is 5. The number of aromatic nitrogens is 4. The van der Waals surface area contributed by atoms with Crippen LogP contribution in [0.2, 0.25) is 0 Å². The molecule has 3 rings (SSSR count). The van der Waals surface area contributed by atoms with Gasteiger partial charge in [0.15, 0.2) is 0 Å². The number of imidazole rings is 2. The third-order valence-corrected chi connectivity index (χ3v) is 4.50. The molecule has 2 aromatic heterocycles. The second kappa shape index (κ2) is 8.24. The Bertz CT molecular complexity index is 489. The zero-order valence-electron chi connectivity index (χ0n) is 13.9. The van der Waals surface area contributed by atoms with E-state index in [4.69, 9.17) is 0 Å². The standard InChI is InChI=1S/C16H27N7/c1-2-21-7-9-22(13-15-17-3-4-18-15)11-12-23(10-8-21)14-16-19-5-6-20-16/h3-6H,2,7-14H2,1H3,(H,17,18)(H,19,20). The highest BCUT2D eigenvalue weighted by atomic mass is 15.3. The van der Waals surface area contributed by atoms with Crippen LogP contribution in [0.5, 0.6) is 0 Å². The number of H-pyrrole nitrogens is 2. The highest BCUT2D eigenvalue weighted by molar-refractivity contribution is 4.89. The molecule has 0 atom stereocenters. The van der Waals surface area contributed by atoms with Crippen molar-refractivity contribution in [2.75, 3.05) is 45.8 Å². The largest absolute Gasteiger partial charge is 0.348 e. The molecule has 0 amide bonds. The first kappa shape index (κ1) is 16.2. The van der Waals surface area contributed by atoms with Gasteiger partial charge in [-0.25, -0.2) is 9.97 Å². The van der Waals surface area contributed by atoms with Gasteiger partial charge in [-0.15, -0.1) is 0 Å². The van der Waals surface area contributed by atoms with Crippen molar-refractivity contribution in [2.24, 2.45) is 0 Å². The predicted octanol–water partition coefficient (Wildman–Crippen LogP) is 0.772. The fourth-order valence-corrected chi connectivity index (χ4v) is 3.01. The molecule has 0 spiro atoms. The molecule has 7 heteroatoms. The number of nitrogens with zero attached hydrogens (tertiary/aromatic N) is 5. The summed E-state index contributed by atoms with van der Waals surface area (Å²) < 4.78 is 0. The predicted molar refractivity (Wildman–Crippen MR) is 89.8 cm³/mol. The molecule has 0 bridgehead atoms. The molecule has 1 fully saturated rings. The Morgan fingerprint density at radius 2 is 1.22 bits per heavy atom. The van der Waals surface area contributed by atoms with Crippen molar-refractivity contribution in [1.29, 1.82) is 0 Å². The lowest BCUT2D eigenvalue weighted by molar-refractivity contribution is 0.204. The Hall–Kier alpha value is -1.70. The zero-order chi connectivity index (χ0) is 15.9. The van der Waals surface area contributed by atoms with E-state index in [1.54, 1.807) is 0 Å². The van der Waals surface area contributed by atoms with Crippen LogP contribution in [0.25, 0.3) is 0 Å². The summed E-state index contributed by atoms with van der Waals surface area (Å²) in [5.74, 6) is 2.09. The smallest absolute Gasteiger partial charge is 0.120 e. The maximum absolute atomic E-state index is 4.37. The summed E-state index contributed by atoms with van der Waals surface area (Å²) in [7, 11) is 0. The van der Waals surface area contributed by atoms with Crippen molar-refractivity contribution in [2.45, 2.75) is 20.0 Å². The van der Waals surface area contributed by atoms with Crippen LogP contribution in [0, 0.1) is 0 Å². The molecule has 3 heterocycles. The van der Waals surface area contributed by atoms with Crippen molar-refractivity contribution in [3.05, 3.63) is 36.4 Å². The maximum Gasteiger partial charge on any atom is 0.120 e. The van der Waals surface area contributed by atoms with Crippen molar-refractivity contribution < 1.29 is 0 Å². The van der Waals surface area contributed by atoms with Crippen LogP contribution in [-0.4, -0.2) is 80.4 Å². The summed E-state index contributed by atoms with van der Waals surface area (Å²) in [6.45, 7) is 11.6. The molecule has 0 aromatic carbocycles. The van der Waals surface area contributed by atoms with Crippen molar-refractivity contribution in [3.8, 4) is 0 Å². The van der Waals surface area contributed by atoms with Crippen LogP contribution >= 0.6 is 0 Å². The van der Waals surface area contributed by atoms with Gasteiger partial charge in [0.25, 0.3) is 0 Å². The van der Waals surface area contributed by atoms with E-state index < -0.39 is 0 Å². The molecule has 1 aliphatic heterocycles. The van der Waals surface area contributed by atoms with Crippen LogP contribution < -0.4 is 0 Å². The Morgan fingerprint density at radius 1 is 0.783 bits per heavy atom. The Labute approximate surface area is 137 Å². The molecular formula is C16H27N7. The van der Waals surface area contributed by atoms with E-state index in [2.05, 4.69) is 41.6 Å². The molecule has 7 nitrogen and oxygen atoms in total. The lowest BCUT2D eigenvalue weighted by atomic mass is 10.4. The number of nitrogens with one attached hydrogen (secondary N) is 2. The van der Waals surface area contributed by atoms with Gasteiger partial charge in [-0.1, -0.05) is 6.92 Å². The van der Waals surface area contributed by atoms with E-state index in [1.165, 1.54) is 0 Å². The van der Waals surface area contributed by atoms with Crippen LogP contribution in [0.3, 0.4) is 0 Å². The van der Waals surface area contributed by atoms with Gasteiger partial charge in [-0.05, 0) is 6.54 Å². The summed E-state index contributed by atoms with van der Waals surface area (Å²) in [5.41, 5.74) is 0. The van der Waals surface area contributed by atoms with Crippen molar-refractivity contribution in [3.63, 3.8) is 0 Å². The molecule has 0 saturated carbocycles. The molecular weight excluding hydrogens is 290 g/mol. The van der Waals surface area contributed by atoms with Gasteiger partial charge in [0.1, 0.15) is 11.6 Å². The molecule has 0 radical (unpaired) electrons. The summed E-state index contributed by atoms with van der Waals surface area (Å²) in [5, 5.41) is 0. The van der Waals surface area contributed by atoms with Crippen LogP contribution in [0.1, 0.15) is 18.6 Å². The molecule has 0 aliphatic carbocycles. The first-order valence-electron chi connectivity index (χ1n) is 8.47. The molecule has 1 saturated heterocycles. The number of hydrogen-bond acceptors (Lipinski definition) is 5. The van der Waals surface area contributed by atoms with Gasteiger partial charge in [0.2, 0.25) is 0 Å². The van der Waals surface area contributed by atoms with Gasteiger partial charge in [-0.3, -0.25) is 9.80 Å². The molecule has 2 N–H and O–H groups in total. The molecule has 23 heavy (non-hydrogen) atoms. The van der Waals surface area contributed by atoms with Gasteiger partial charge < -0.3 is 14.9 Å². The summed E-state index contributed by atoms with van der Waals surface area (Å²) >= 11 is 0. The second-order valence-corrected chi connectivity index (χ2v) is 6.06. The van der Waals surface area contributed by atoms with E-state index in [1.807, 2.05) is 24.8 Å². The lowest BCUT2D eigenvalue weighted by Gasteiger charge is -2.24. The molecule has 1 aliphatic rings. The fourth-order valence-electron chi connectivity index (χ4n) is 3.01. The quantitative estimate of drug-likeness (QED) is 0.853. The van der Waals surface area contributed by atoms with Gasteiger partial charge in [0, 0.05) is 64.1 Å². The Balaban J connectivity index is 1.62. The van der Waals surface area contributed by atoms with E-state index in [9.17, 15) is 0 Å². The first-order valence-corrected chi connectivity index (χ1v) is 8.47. The van der Waals surface area contributed by atoms with Gasteiger partial charge in [-0.2, -0.15) is 0 Å². The van der Waals surface area contributed by atoms with E-state index >= 15 is 0 Å². The van der Waals surface area contributed by atoms with E-state index in [0.717, 1.165) is 70.6 Å². The zero-order valence-corrected chi connectivity index (χ0v) is 13.9. The maximum atomic E-state index is 4.37. The SMILES string of the molecule is CCN1CCN(Cc2ncc[nH]2)CCN(Cc2ncc[nH]2)CC1. The fraction of sp³-hybridized carbons (Fsp3) is 0.625. The minimum atomic E-state index is 0.888. The Kier molecular flexibility index (Phi) is 5.79. The second-order valence-electron chi connectivity index (χ2n) is 6.06. The topological polar surface area (TPSA) is 67.1 Å². The average Bonchev–Trinajstić information content (AvgIpc) is 3.25. The van der Waals surface area contributed by atoms with Crippen molar-refractivity contribution in [1.82, 2.24) is 34.6 Å². The minimum absolute atomic E-state index is 0.888. The average molecular weight is 317 g/mol. The monoisotopic (exact) mass is 317 g/mol. The first-order chi connectivity index (χ1) is 11.3. The molecule has 2 aromatic rings. The van der Waals surface area contributed by atoms with E-state index in [0.29, 0.717) is 0 Å². The third kappa shape index (κ3) is 4.89. The van der Waals surface area contributed by atoms with Gasteiger partial charge >= 0.3 is 0 Å². The minimum Gasteiger partial charge on any atom is -0.348 e. The Morgan fingerprint density at radius 3 is 1.57 bits per heavy atom. The number of hydrogen-bond donors (Lipinski definition) is 2. The summed E-state index contributed by atoms with van der Waals surface area (Å²) in [4.78, 5) is 22.7. The van der Waals surface area contributed by atoms with Crippen molar-refractivity contribution >= 4 is 0 Å². The summed E-state index contributed by atoms with van der Waals surface area (Å²) in [6, 6.07) is 0. The highest BCUT2D eigenvalue weighted by Gasteiger charge is 2.17. The molecule has 126 valence electrons. The van der Waals surface area contributed by atoms with Gasteiger partial charge in [0.05, 0.1) is 13.1 Å². The number of aromatic amines is 2. The highest BCUT2D eigenvalue weighted by Crippen LogP contribution is 2.06. The normalized spacial score (nSPS) is 19.3. The number of likely N-dealkylation sites (N-methyl/N-ethyl adjacent to an activating group) is 1. The van der Waals surface area contributed by atoms with Crippen LogP contribution in [0.4, 0.5) is 0 Å². The third-order valence-electron chi connectivity index (χ3n) is 4.50. The van der Waals surface area contributed by atoms with Crippen LogP contribution in [0.15, 0.2) is 24.8 Å². The molecule has 0 unspecified atom stereocenters. The lowest BCUT2D eigenvalue weighted by Crippen LogP contribution is -2.35. The van der Waals surface area contributed by atoms with E-state index in [-0.39, 0.29) is 0 Å². The summed E-state index contributed by atoms with van der Waals surface area (Å²) in [6.07, 6.45) is 7.45.